The van der Waals surface area contributed by atoms with Crippen LogP contribution in [0.1, 0.15) is 17.5 Å². The monoisotopic (exact) mass is 502 g/mol. The van der Waals surface area contributed by atoms with Gasteiger partial charge in [-0.15, -0.1) is 10.2 Å². The summed E-state index contributed by atoms with van der Waals surface area (Å²) in [6, 6.07) is 12.7. The van der Waals surface area contributed by atoms with Crippen molar-refractivity contribution in [1.29, 1.82) is 0 Å². The molecule has 34 heavy (non-hydrogen) atoms. The van der Waals surface area contributed by atoms with E-state index in [1.807, 2.05) is 31.2 Å². The Bertz CT molecular complexity index is 1250. The Morgan fingerprint density at radius 1 is 1.15 bits per heavy atom. The molecule has 1 aliphatic heterocycles. The number of morpholine rings is 1. The molecule has 1 amide bonds. The lowest BCUT2D eigenvalue weighted by Gasteiger charge is -2.26. The Morgan fingerprint density at radius 2 is 1.88 bits per heavy atom. The van der Waals surface area contributed by atoms with Crippen LogP contribution >= 0.6 is 11.3 Å². The Labute approximate surface area is 202 Å². The molecule has 0 radical (unpaired) electrons. The minimum atomic E-state index is -3.64. The number of sulfonamides is 1. The molecule has 0 saturated carbocycles. The van der Waals surface area contributed by atoms with E-state index in [1.165, 1.54) is 28.8 Å². The van der Waals surface area contributed by atoms with Crippen molar-refractivity contribution < 1.29 is 22.7 Å². The SMILES string of the molecule is COc1ccc(S(=O)(=O)N2CCOCC2)cc1CCC(=O)Nc1nnc(-c2ccc(C)cc2)s1. The second kappa shape index (κ2) is 10.6. The molecule has 1 aromatic heterocycles. The lowest BCUT2D eigenvalue weighted by Crippen LogP contribution is -2.40. The number of carbonyl (C=O) groups is 1. The molecular formula is C23H26N4O5S2. The predicted octanol–water partition coefficient (Wildman–Crippen LogP) is 3.11. The summed E-state index contributed by atoms with van der Waals surface area (Å²) < 4.78 is 38.0. The second-order valence-electron chi connectivity index (χ2n) is 7.82. The first-order valence-electron chi connectivity index (χ1n) is 10.8. The minimum absolute atomic E-state index is 0.136. The highest BCUT2D eigenvalue weighted by atomic mass is 32.2. The van der Waals surface area contributed by atoms with Crippen molar-refractivity contribution in [3.05, 3.63) is 53.6 Å². The van der Waals surface area contributed by atoms with Gasteiger partial charge in [0.05, 0.1) is 25.2 Å². The van der Waals surface area contributed by atoms with Gasteiger partial charge in [0.1, 0.15) is 10.8 Å². The van der Waals surface area contributed by atoms with E-state index in [1.54, 1.807) is 12.1 Å². The molecule has 0 aliphatic carbocycles. The van der Waals surface area contributed by atoms with Crippen LogP contribution in [0.4, 0.5) is 5.13 Å². The third-order valence-electron chi connectivity index (χ3n) is 5.45. The van der Waals surface area contributed by atoms with E-state index < -0.39 is 10.0 Å². The summed E-state index contributed by atoms with van der Waals surface area (Å²) >= 11 is 1.30. The number of nitrogens with zero attached hydrogens (tertiary/aromatic N) is 3. The van der Waals surface area contributed by atoms with Gasteiger partial charge in [-0.2, -0.15) is 4.31 Å². The Balaban J connectivity index is 1.42. The van der Waals surface area contributed by atoms with Gasteiger partial charge in [0.15, 0.2) is 0 Å². The standard InChI is InChI=1S/C23H26N4O5S2/c1-16-3-5-17(6-4-16)22-25-26-23(33-22)24-21(28)10-7-18-15-19(8-9-20(18)31-2)34(29,30)27-11-13-32-14-12-27/h3-6,8-9,15H,7,10-14H2,1-2H3,(H,24,26,28). The number of anilines is 1. The fourth-order valence-electron chi connectivity index (χ4n) is 3.56. The number of amides is 1. The number of aryl methyl sites for hydroxylation is 2. The lowest BCUT2D eigenvalue weighted by molar-refractivity contribution is -0.116. The zero-order valence-corrected chi connectivity index (χ0v) is 20.6. The van der Waals surface area contributed by atoms with Crippen LogP contribution in [0.5, 0.6) is 5.75 Å². The number of carbonyl (C=O) groups excluding carboxylic acids is 1. The first-order valence-corrected chi connectivity index (χ1v) is 13.1. The molecule has 0 atom stereocenters. The van der Waals surface area contributed by atoms with Gasteiger partial charge in [-0.25, -0.2) is 8.42 Å². The van der Waals surface area contributed by atoms with E-state index in [9.17, 15) is 13.2 Å². The summed E-state index contributed by atoms with van der Waals surface area (Å²) in [4.78, 5) is 12.7. The third kappa shape index (κ3) is 5.61. The van der Waals surface area contributed by atoms with Gasteiger partial charge < -0.3 is 14.8 Å². The summed E-state index contributed by atoms with van der Waals surface area (Å²) in [7, 11) is -2.13. The zero-order chi connectivity index (χ0) is 24.1. The molecule has 2 heterocycles. The first kappa shape index (κ1) is 24.3. The Morgan fingerprint density at radius 3 is 2.59 bits per heavy atom. The smallest absolute Gasteiger partial charge is 0.243 e. The number of nitrogens with one attached hydrogen (secondary N) is 1. The molecule has 0 unspecified atom stereocenters. The average Bonchev–Trinajstić information content (AvgIpc) is 3.31. The maximum absolute atomic E-state index is 13.0. The molecule has 180 valence electrons. The second-order valence-corrected chi connectivity index (χ2v) is 10.7. The van der Waals surface area contributed by atoms with E-state index >= 15 is 0 Å². The van der Waals surface area contributed by atoms with Crippen molar-refractivity contribution in [3.8, 4) is 16.3 Å². The molecule has 0 spiro atoms. The summed E-state index contributed by atoms with van der Waals surface area (Å²) in [5.74, 6) is 0.293. The van der Waals surface area contributed by atoms with Gasteiger partial charge in [-0.3, -0.25) is 4.79 Å². The molecule has 2 aromatic carbocycles. The zero-order valence-electron chi connectivity index (χ0n) is 19.0. The van der Waals surface area contributed by atoms with Crippen molar-refractivity contribution in [3.63, 3.8) is 0 Å². The van der Waals surface area contributed by atoms with Crippen LogP contribution < -0.4 is 10.1 Å². The molecule has 3 aromatic rings. The van der Waals surface area contributed by atoms with Crippen molar-refractivity contribution in [1.82, 2.24) is 14.5 Å². The van der Waals surface area contributed by atoms with Crippen LogP contribution in [0, 0.1) is 6.92 Å². The number of hydrogen-bond acceptors (Lipinski definition) is 8. The van der Waals surface area contributed by atoms with Gasteiger partial charge in [0.25, 0.3) is 0 Å². The number of aromatic nitrogens is 2. The molecule has 0 bridgehead atoms. The number of methoxy groups -OCH3 is 1. The largest absolute Gasteiger partial charge is 0.496 e. The van der Waals surface area contributed by atoms with Crippen LogP contribution in [0.25, 0.3) is 10.6 Å². The highest BCUT2D eigenvalue weighted by Gasteiger charge is 2.27. The van der Waals surface area contributed by atoms with Crippen molar-refractivity contribution in [2.45, 2.75) is 24.7 Å². The van der Waals surface area contributed by atoms with E-state index in [2.05, 4.69) is 15.5 Å². The van der Waals surface area contributed by atoms with E-state index in [-0.39, 0.29) is 17.2 Å². The number of hydrogen-bond donors (Lipinski definition) is 1. The van der Waals surface area contributed by atoms with Crippen LogP contribution in [0.15, 0.2) is 47.4 Å². The molecule has 1 fully saturated rings. The minimum Gasteiger partial charge on any atom is -0.496 e. The van der Waals surface area contributed by atoms with Gasteiger partial charge in [-0.05, 0) is 37.1 Å². The van der Waals surface area contributed by atoms with Crippen LogP contribution in [-0.2, 0) is 26.0 Å². The highest BCUT2D eigenvalue weighted by Crippen LogP contribution is 2.28. The van der Waals surface area contributed by atoms with E-state index in [4.69, 9.17) is 9.47 Å². The highest BCUT2D eigenvalue weighted by molar-refractivity contribution is 7.89. The maximum atomic E-state index is 13.0. The molecule has 9 nitrogen and oxygen atoms in total. The van der Waals surface area contributed by atoms with Gasteiger partial charge in [0.2, 0.25) is 21.1 Å². The van der Waals surface area contributed by atoms with Crippen LogP contribution in [0.2, 0.25) is 0 Å². The molecule has 1 aliphatic rings. The fourth-order valence-corrected chi connectivity index (χ4v) is 5.79. The number of benzene rings is 2. The van der Waals surface area contributed by atoms with Crippen molar-refractivity contribution in [2.75, 3.05) is 38.7 Å². The van der Waals surface area contributed by atoms with Crippen LogP contribution in [-0.4, -0.2) is 62.2 Å². The topological polar surface area (TPSA) is 111 Å². The summed E-state index contributed by atoms with van der Waals surface area (Å²) in [6.45, 7) is 3.40. The summed E-state index contributed by atoms with van der Waals surface area (Å²) in [5.41, 5.74) is 2.73. The summed E-state index contributed by atoms with van der Waals surface area (Å²) in [6.07, 6.45) is 0.446. The average molecular weight is 503 g/mol. The van der Waals surface area contributed by atoms with E-state index in [0.29, 0.717) is 49.2 Å². The van der Waals surface area contributed by atoms with Crippen molar-refractivity contribution >= 4 is 32.4 Å². The fraction of sp³-hybridized carbons (Fsp3) is 0.348. The normalized spacial score (nSPS) is 14.6. The van der Waals surface area contributed by atoms with Gasteiger partial charge in [0, 0.05) is 25.1 Å². The van der Waals surface area contributed by atoms with E-state index in [0.717, 1.165) is 16.1 Å². The molecule has 1 saturated heterocycles. The maximum Gasteiger partial charge on any atom is 0.243 e. The lowest BCUT2D eigenvalue weighted by atomic mass is 10.1. The predicted molar refractivity (Wildman–Crippen MR) is 130 cm³/mol. The number of ether oxygens (including phenoxy) is 2. The summed E-state index contributed by atoms with van der Waals surface area (Å²) in [5, 5.41) is 12.1. The van der Waals surface area contributed by atoms with Crippen molar-refractivity contribution in [2.24, 2.45) is 0 Å². The quantitative estimate of drug-likeness (QED) is 0.504. The molecule has 1 N–H and O–H groups in total. The molecule has 11 heteroatoms. The molecule has 4 rings (SSSR count). The first-order chi connectivity index (χ1) is 16.4. The third-order valence-corrected chi connectivity index (χ3v) is 8.23. The number of rotatable bonds is 8. The van der Waals surface area contributed by atoms with Gasteiger partial charge >= 0.3 is 0 Å². The Kier molecular flexibility index (Phi) is 7.57. The van der Waals surface area contributed by atoms with Gasteiger partial charge in [-0.1, -0.05) is 41.2 Å². The molecular weight excluding hydrogens is 476 g/mol. The Hall–Kier alpha value is -2.86. The van der Waals surface area contributed by atoms with Crippen LogP contribution in [0.3, 0.4) is 0 Å².